The third-order valence-corrected chi connectivity index (χ3v) is 7.74. The number of amides is 1. The first-order chi connectivity index (χ1) is 18.5. The van der Waals surface area contributed by atoms with E-state index in [0.29, 0.717) is 17.4 Å². The SMILES string of the molecule is CCCCCC/C=C/C(O)C(COP(=O)(O)OCC[N+](C)(C)C)NC(=O)CCCCCCCCCCCCC. The van der Waals surface area contributed by atoms with Gasteiger partial charge in [-0.3, -0.25) is 13.8 Å². The van der Waals surface area contributed by atoms with Gasteiger partial charge >= 0.3 is 7.82 Å². The Labute approximate surface area is 240 Å². The van der Waals surface area contributed by atoms with Crippen LogP contribution in [0, 0.1) is 0 Å². The minimum absolute atomic E-state index is 0.0629. The van der Waals surface area contributed by atoms with Crippen molar-refractivity contribution in [1.29, 1.82) is 0 Å². The van der Waals surface area contributed by atoms with Gasteiger partial charge in [0.2, 0.25) is 5.91 Å². The maximum atomic E-state index is 12.6. The molecule has 8 nitrogen and oxygen atoms in total. The summed E-state index contributed by atoms with van der Waals surface area (Å²) < 4.78 is 23.2. The Hall–Kier alpha value is -0.760. The van der Waals surface area contributed by atoms with Crippen LogP contribution < -0.4 is 5.32 Å². The molecule has 0 rings (SSSR count). The lowest BCUT2D eigenvalue weighted by Gasteiger charge is -2.25. The number of unbranched alkanes of at least 4 members (excludes halogenated alkanes) is 14. The second-order valence-corrected chi connectivity index (χ2v) is 13.3. The standard InChI is InChI=1S/C30H61N2O6P/c1-6-8-10-12-14-15-16-17-18-20-22-24-30(34)31-28(29(33)23-21-19-13-11-9-7-2)27-38-39(35,36)37-26-25-32(3,4)5/h21,23,28-29,33H,6-20,22,24-27H2,1-5H3,(H-,31,34,35,36)/p+1/b23-21+. The Morgan fingerprint density at radius 3 is 1.90 bits per heavy atom. The third kappa shape index (κ3) is 25.9. The summed E-state index contributed by atoms with van der Waals surface area (Å²) in [5.41, 5.74) is 0. The zero-order chi connectivity index (χ0) is 29.4. The second-order valence-electron chi connectivity index (χ2n) is 11.8. The fourth-order valence-electron chi connectivity index (χ4n) is 4.15. The Bertz CT molecular complexity index is 668. The number of phosphoric ester groups is 1. The van der Waals surface area contributed by atoms with Crippen LogP contribution in [0.2, 0.25) is 0 Å². The molecule has 0 aromatic rings. The summed E-state index contributed by atoms with van der Waals surface area (Å²) in [5, 5.41) is 13.5. The highest BCUT2D eigenvalue weighted by atomic mass is 31.2. The van der Waals surface area contributed by atoms with E-state index < -0.39 is 20.0 Å². The number of hydrogen-bond acceptors (Lipinski definition) is 5. The van der Waals surface area contributed by atoms with E-state index in [2.05, 4.69) is 19.2 Å². The third-order valence-electron chi connectivity index (χ3n) is 6.76. The first-order valence-corrected chi connectivity index (χ1v) is 17.1. The number of phosphoric acid groups is 1. The number of likely N-dealkylation sites (N-methyl/N-ethyl adjacent to an activating group) is 1. The number of carbonyl (C=O) groups is 1. The Morgan fingerprint density at radius 2 is 1.36 bits per heavy atom. The summed E-state index contributed by atoms with van der Waals surface area (Å²) in [7, 11) is 1.57. The lowest BCUT2D eigenvalue weighted by molar-refractivity contribution is -0.870. The highest BCUT2D eigenvalue weighted by Gasteiger charge is 2.27. The van der Waals surface area contributed by atoms with Gasteiger partial charge in [-0.1, -0.05) is 109 Å². The largest absolute Gasteiger partial charge is 0.472 e. The van der Waals surface area contributed by atoms with Crippen molar-refractivity contribution in [1.82, 2.24) is 5.32 Å². The van der Waals surface area contributed by atoms with Gasteiger partial charge in [0.1, 0.15) is 13.2 Å². The van der Waals surface area contributed by atoms with Crippen LogP contribution in [0.3, 0.4) is 0 Å². The van der Waals surface area contributed by atoms with Crippen molar-refractivity contribution >= 4 is 13.7 Å². The van der Waals surface area contributed by atoms with Crippen LogP contribution in [-0.2, 0) is 18.4 Å². The fourth-order valence-corrected chi connectivity index (χ4v) is 4.89. The van der Waals surface area contributed by atoms with Gasteiger partial charge in [0, 0.05) is 6.42 Å². The van der Waals surface area contributed by atoms with Crippen LogP contribution in [0.15, 0.2) is 12.2 Å². The van der Waals surface area contributed by atoms with Crippen LogP contribution in [0.4, 0.5) is 0 Å². The van der Waals surface area contributed by atoms with E-state index in [9.17, 15) is 19.4 Å². The number of nitrogens with zero attached hydrogens (tertiary/aromatic N) is 1. The number of allylic oxidation sites excluding steroid dienone is 1. The summed E-state index contributed by atoms with van der Waals surface area (Å²) in [5.74, 6) is -0.186. The molecular weight excluding hydrogens is 515 g/mol. The molecular formula is C30H62N2O6P+. The van der Waals surface area contributed by atoms with Crippen molar-refractivity contribution in [3.8, 4) is 0 Å². The topological polar surface area (TPSA) is 105 Å². The second kappa shape index (κ2) is 23.9. The van der Waals surface area contributed by atoms with Gasteiger partial charge in [0.05, 0.1) is 39.9 Å². The molecule has 0 aliphatic rings. The lowest BCUT2D eigenvalue weighted by Crippen LogP contribution is -2.45. The molecule has 3 N–H and O–H groups in total. The fraction of sp³-hybridized carbons (Fsp3) is 0.900. The molecule has 0 aromatic carbocycles. The van der Waals surface area contributed by atoms with Crippen molar-refractivity contribution in [2.75, 3.05) is 40.9 Å². The van der Waals surface area contributed by atoms with Crippen LogP contribution >= 0.6 is 7.82 Å². The van der Waals surface area contributed by atoms with Crippen LogP contribution in [0.5, 0.6) is 0 Å². The monoisotopic (exact) mass is 577 g/mol. The molecule has 9 heteroatoms. The van der Waals surface area contributed by atoms with E-state index in [1.54, 1.807) is 6.08 Å². The molecule has 0 heterocycles. The molecule has 232 valence electrons. The minimum Gasteiger partial charge on any atom is -0.387 e. The molecule has 0 saturated carbocycles. The molecule has 3 atom stereocenters. The average Bonchev–Trinajstić information content (AvgIpc) is 2.86. The molecule has 0 aliphatic heterocycles. The number of carbonyl (C=O) groups excluding carboxylic acids is 1. The van der Waals surface area contributed by atoms with E-state index in [0.717, 1.165) is 44.9 Å². The maximum absolute atomic E-state index is 12.6. The van der Waals surface area contributed by atoms with Crippen molar-refractivity contribution in [2.24, 2.45) is 0 Å². The number of aliphatic hydroxyl groups excluding tert-OH is 1. The van der Waals surface area contributed by atoms with Gasteiger partial charge in [0.25, 0.3) is 0 Å². The number of hydrogen-bond donors (Lipinski definition) is 3. The van der Waals surface area contributed by atoms with Gasteiger partial charge in [-0.25, -0.2) is 4.57 Å². The van der Waals surface area contributed by atoms with Gasteiger partial charge < -0.3 is 19.8 Å². The van der Waals surface area contributed by atoms with E-state index >= 15 is 0 Å². The Balaban J connectivity index is 4.57. The van der Waals surface area contributed by atoms with Crippen molar-refractivity contribution in [3.05, 3.63) is 12.2 Å². The number of nitrogens with one attached hydrogen (secondary N) is 1. The van der Waals surface area contributed by atoms with Gasteiger partial charge in [-0.05, 0) is 19.3 Å². The minimum atomic E-state index is -4.30. The highest BCUT2D eigenvalue weighted by molar-refractivity contribution is 7.47. The molecule has 39 heavy (non-hydrogen) atoms. The predicted octanol–water partition coefficient (Wildman–Crippen LogP) is 6.90. The van der Waals surface area contributed by atoms with E-state index in [-0.39, 0.29) is 19.1 Å². The maximum Gasteiger partial charge on any atom is 0.472 e. The molecule has 0 spiro atoms. The first kappa shape index (κ1) is 38.2. The van der Waals surface area contributed by atoms with Gasteiger partial charge in [-0.2, -0.15) is 0 Å². The van der Waals surface area contributed by atoms with Gasteiger partial charge in [-0.15, -0.1) is 0 Å². The van der Waals surface area contributed by atoms with Crippen molar-refractivity contribution in [2.45, 2.75) is 135 Å². The average molecular weight is 578 g/mol. The Morgan fingerprint density at radius 1 is 0.846 bits per heavy atom. The normalized spacial score (nSPS) is 15.4. The smallest absolute Gasteiger partial charge is 0.387 e. The molecule has 0 aliphatic carbocycles. The molecule has 0 saturated heterocycles. The first-order valence-electron chi connectivity index (χ1n) is 15.6. The summed E-state index contributed by atoms with van der Waals surface area (Å²) >= 11 is 0. The summed E-state index contributed by atoms with van der Waals surface area (Å²) in [6.07, 6.45) is 21.5. The van der Waals surface area contributed by atoms with Crippen molar-refractivity contribution < 1.29 is 32.9 Å². The van der Waals surface area contributed by atoms with E-state index in [4.69, 9.17) is 9.05 Å². The number of rotatable bonds is 27. The number of aliphatic hydroxyl groups is 1. The summed E-state index contributed by atoms with van der Waals surface area (Å²) in [6.45, 7) is 4.68. The van der Waals surface area contributed by atoms with Crippen molar-refractivity contribution in [3.63, 3.8) is 0 Å². The lowest BCUT2D eigenvalue weighted by atomic mass is 10.0. The molecule has 0 bridgehead atoms. The zero-order valence-corrected chi connectivity index (χ0v) is 26.8. The predicted molar refractivity (Wildman–Crippen MR) is 162 cm³/mol. The van der Waals surface area contributed by atoms with E-state index in [1.807, 2.05) is 27.2 Å². The quantitative estimate of drug-likeness (QED) is 0.0425. The summed E-state index contributed by atoms with van der Waals surface area (Å²) in [4.78, 5) is 22.7. The van der Waals surface area contributed by atoms with Crippen LogP contribution in [-0.4, -0.2) is 73.4 Å². The van der Waals surface area contributed by atoms with E-state index in [1.165, 1.54) is 57.8 Å². The number of quaternary nitrogens is 1. The molecule has 0 aromatic heterocycles. The van der Waals surface area contributed by atoms with Gasteiger partial charge in [0.15, 0.2) is 0 Å². The van der Waals surface area contributed by atoms with Crippen LogP contribution in [0.1, 0.15) is 123 Å². The summed E-state index contributed by atoms with van der Waals surface area (Å²) in [6, 6.07) is -0.834. The van der Waals surface area contributed by atoms with Crippen LogP contribution in [0.25, 0.3) is 0 Å². The molecule has 1 amide bonds. The Kier molecular flexibility index (Phi) is 23.4. The molecule has 0 fully saturated rings. The molecule has 0 radical (unpaired) electrons. The highest BCUT2D eigenvalue weighted by Crippen LogP contribution is 2.43. The zero-order valence-electron chi connectivity index (χ0n) is 25.9. The molecule has 3 unspecified atom stereocenters.